The van der Waals surface area contributed by atoms with Gasteiger partial charge in [-0.15, -0.1) is 0 Å². The van der Waals surface area contributed by atoms with Crippen molar-refractivity contribution in [3.63, 3.8) is 0 Å². The second-order valence-corrected chi connectivity index (χ2v) is 7.40. The van der Waals surface area contributed by atoms with Gasteiger partial charge in [-0.25, -0.2) is 4.98 Å². The molecule has 30 heavy (non-hydrogen) atoms. The number of pyridine rings is 1. The van der Waals surface area contributed by atoms with Crippen LogP contribution in [0.1, 0.15) is 33.1 Å². The largest absolute Gasteiger partial charge is 0.490 e. The highest BCUT2D eigenvalue weighted by Crippen LogP contribution is 2.38. The molecule has 0 saturated heterocycles. The van der Waals surface area contributed by atoms with Crippen LogP contribution >= 0.6 is 0 Å². The number of ether oxygens (including phenoxy) is 2. The molecule has 0 saturated carbocycles. The highest BCUT2D eigenvalue weighted by atomic mass is 16.6. The first kappa shape index (κ1) is 18.3. The summed E-state index contributed by atoms with van der Waals surface area (Å²) in [6.07, 6.45) is 0. The maximum atomic E-state index is 13.2. The number of rotatable bonds is 3. The van der Waals surface area contributed by atoms with Crippen LogP contribution in [0.2, 0.25) is 0 Å². The van der Waals surface area contributed by atoms with E-state index in [9.17, 15) is 14.9 Å². The van der Waals surface area contributed by atoms with Crippen molar-refractivity contribution in [1.82, 2.24) is 9.88 Å². The zero-order valence-corrected chi connectivity index (χ0v) is 16.1. The topological polar surface area (TPSA) is 121 Å². The van der Waals surface area contributed by atoms with Crippen molar-refractivity contribution in [2.75, 3.05) is 19.4 Å². The number of nitro benzene ring substituents is 1. The molecular formula is C21H18N4O5. The molecule has 5 rings (SSSR count). The Morgan fingerprint density at radius 1 is 1.23 bits per heavy atom. The zero-order chi connectivity index (χ0) is 21.0. The van der Waals surface area contributed by atoms with Gasteiger partial charge < -0.3 is 20.1 Å². The number of hydrogen-bond donors (Lipinski definition) is 1. The van der Waals surface area contributed by atoms with Crippen LogP contribution in [-0.2, 0) is 18.0 Å². The van der Waals surface area contributed by atoms with E-state index < -0.39 is 4.92 Å². The van der Waals surface area contributed by atoms with Crippen LogP contribution in [0.25, 0.3) is 10.9 Å². The molecule has 1 aromatic heterocycles. The highest BCUT2D eigenvalue weighted by molar-refractivity contribution is 5.99. The standard InChI is InChI=1S/C21H18N4O5/c1-24(18-10-30-19-7-12(25(27)28)3-4-13(18)19)21(26)11-2-5-17-14(6-11)15-8-29-9-16(15)20(22)23-17/h2-7,18H,8-10H2,1H3,(H2,22,23)/t18-/m1/s1. The monoisotopic (exact) mass is 406 g/mol. The molecule has 3 heterocycles. The van der Waals surface area contributed by atoms with Crippen molar-refractivity contribution in [3.8, 4) is 5.75 Å². The number of carbonyl (C=O) groups is 1. The van der Waals surface area contributed by atoms with E-state index in [1.54, 1.807) is 30.1 Å². The van der Waals surface area contributed by atoms with E-state index in [1.165, 1.54) is 12.1 Å². The van der Waals surface area contributed by atoms with Gasteiger partial charge in [-0.05, 0) is 29.8 Å². The zero-order valence-electron chi connectivity index (χ0n) is 16.1. The lowest BCUT2D eigenvalue weighted by Crippen LogP contribution is -2.32. The lowest BCUT2D eigenvalue weighted by Gasteiger charge is -2.24. The van der Waals surface area contributed by atoms with Gasteiger partial charge in [-0.1, -0.05) is 0 Å². The number of carbonyl (C=O) groups excluding carboxylic acids is 1. The van der Waals surface area contributed by atoms with E-state index in [1.807, 2.05) is 6.07 Å². The molecule has 2 aliphatic rings. The number of hydrogen-bond acceptors (Lipinski definition) is 7. The van der Waals surface area contributed by atoms with Crippen LogP contribution < -0.4 is 10.5 Å². The molecule has 0 fully saturated rings. The van der Waals surface area contributed by atoms with E-state index in [0.717, 1.165) is 27.6 Å². The van der Waals surface area contributed by atoms with Crippen molar-refractivity contribution in [2.24, 2.45) is 0 Å². The number of anilines is 1. The summed E-state index contributed by atoms with van der Waals surface area (Å²) < 4.78 is 11.1. The van der Waals surface area contributed by atoms with Gasteiger partial charge in [0.15, 0.2) is 0 Å². The summed E-state index contributed by atoms with van der Waals surface area (Å²) in [6, 6.07) is 9.46. The average molecular weight is 406 g/mol. The minimum absolute atomic E-state index is 0.0410. The lowest BCUT2D eigenvalue weighted by atomic mass is 10.0. The number of nitro groups is 1. The number of likely N-dealkylation sites (N-methyl/N-ethyl adjacent to an activating group) is 1. The molecule has 9 nitrogen and oxygen atoms in total. The van der Waals surface area contributed by atoms with Crippen molar-refractivity contribution in [3.05, 3.63) is 68.8 Å². The molecule has 0 aliphatic carbocycles. The number of non-ortho nitro benzene ring substituents is 1. The Balaban J connectivity index is 1.48. The molecule has 1 amide bonds. The lowest BCUT2D eigenvalue weighted by molar-refractivity contribution is -0.384. The Labute approximate surface area is 171 Å². The summed E-state index contributed by atoms with van der Waals surface area (Å²) in [5.41, 5.74) is 9.81. The molecule has 3 aromatic rings. The average Bonchev–Trinajstić information content (AvgIpc) is 3.40. The molecule has 2 N–H and O–H groups in total. The summed E-state index contributed by atoms with van der Waals surface area (Å²) in [5.74, 6) is 0.711. The molecule has 0 bridgehead atoms. The van der Waals surface area contributed by atoms with Gasteiger partial charge in [0.25, 0.3) is 11.6 Å². The Bertz CT molecular complexity index is 1230. The van der Waals surface area contributed by atoms with E-state index in [0.29, 0.717) is 30.3 Å². The van der Waals surface area contributed by atoms with E-state index in [-0.39, 0.29) is 24.2 Å². The van der Waals surface area contributed by atoms with Crippen molar-refractivity contribution in [2.45, 2.75) is 19.3 Å². The second kappa shape index (κ2) is 6.67. The van der Waals surface area contributed by atoms with Gasteiger partial charge in [0.2, 0.25) is 0 Å². The predicted octanol–water partition coefficient (Wildman–Crippen LogP) is 2.96. The van der Waals surface area contributed by atoms with Gasteiger partial charge in [0.05, 0.1) is 35.8 Å². The minimum Gasteiger partial charge on any atom is -0.490 e. The Hall–Kier alpha value is -3.72. The maximum Gasteiger partial charge on any atom is 0.273 e. The fraction of sp³-hybridized carbons (Fsp3) is 0.238. The number of nitrogens with two attached hydrogens (primary N) is 1. The van der Waals surface area contributed by atoms with Gasteiger partial charge in [0.1, 0.15) is 18.2 Å². The van der Waals surface area contributed by atoms with Gasteiger partial charge in [0, 0.05) is 35.2 Å². The quantitative estimate of drug-likeness (QED) is 0.524. The number of aromatic nitrogens is 1. The predicted molar refractivity (Wildman–Crippen MR) is 108 cm³/mol. The first-order valence-electron chi connectivity index (χ1n) is 9.41. The molecule has 9 heteroatoms. The molecule has 0 radical (unpaired) electrons. The number of benzene rings is 2. The summed E-state index contributed by atoms with van der Waals surface area (Å²) in [6.45, 7) is 1.10. The Kier molecular flexibility index (Phi) is 4.07. The van der Waals surface area contributed by atoms with Crippen LogP contribution in [0.15, 0.2) is 36.4 Å². The molecule has 152 valence electrons. The van der Waals surface area contributed by atoms with Crippen LogP contribution in [0, 0.1) is 10.1 Å². The first-order valence-corrected chi connectivity index (χ1v) is 9.41. The van der Waals surface area contributed by atoms with Crippen LogP contribution in [0.3, 0.4) is 0 Å². The smallest absolute Gasteiger partial charge is 0.273 e. The molecule has 2 aromatic carbocycles. The molecule has 2 aliphatic heterocycles. The van der Waals surface area contributed by atoms with Crippen LogP contribution in [0.5, 0.6) is 5.75 Å². The number of nitrogen functional groups attached to an aromatic ring is 1. The SMILES string of the molecule is CN(C(=O)c1ccc2nc(N)c3c(c2c1)COC3)[C@@H]1COc2cc([N+](=O)[O-])ccc21. The number of nitrogens with zero attached hydrogens (tertiary/aromatic N) is 3. The summed E-state index contributed by atoms with van der Waals surface area (Å²) >= 11 is 0. The highest BCUT2D eigenvalue weighted by Gasteiger charge is 2.32. The Morgan fingerprint density at radius 3 is 2.83 bits per heavy atom. The molecule has 1 atom stereocenters. The van der Waals surface area contributed by atoms with Crippen molar-refractivity contribution in [1.29, 1.82) is 0 Å². The van der Waals surface area contributed by atoms with Crippen molar-refractivity contribution >= 4 is 28.3 Å². The van der Waals surface area contributed by atoms with Gasteiger partial charge >= 0.3 is 0 Å². The molecule has 0 spiro atoms. The normalized spacial score (nSPS) is 16.8. The fourth-order valence-electron chi connectivity index (χ4n) is 4.06. The van der Waals surface area contributed by atoms with E-state index >= 15 is 0 Å². The van der Waals surface area contributed by atoms with E-state index in [2.05, 4.69) is 4.98 Å². The van der Waals surface area contributed by atoms with Crippen molar-refractivity contribution < 1.29 is 19.2 Å². The maximum absolute atomic E-state index is 13.2. The third-order valence-electron chi connectivity index (χ3n) is 5.73. The Morgan fingerprint density at radius 2 is 2.03 bits per heavy atom. The summed E-state index contributed by atoms with van der Waals surface area (Å²) in [7, 11) is 1.70. The third kappa shape index (κ3) is 2.74. The number of fused-ring (bicyclic) bond motifs is 4. The first-order chi connectivity index (χ1) is 14.4. The molecule has 0 unspecified atom stereocenters. The third-order valence-corrected chi connectivity index (χ3v) is 5.73. The summed E-state index contributed by atoms with van der Waals surface area (Å²) in [4.78, 5) is 29.7. The van der Waals surface area contributed by atoms with E-state index in [4.69, 9.17) is 15.2 Å². The van der Waals surface area contributed by atoms with Crippen LogP contribution in [0.4, 0.5) is 11.5 Å². The molecular weight excluding hydrogens is 388 g/mol. The fourth-order valence-corrected chi connectivity index (χ4v) is 4.06. The van der Waals surface area contributed by atoms with Crippen LogP contribution in [-0.4, -0.2) is 34.4 Å². The summed E-state index contributed by atoms with van der Waals surface area (Å²) in [5, 5.41) is 11.8. The minimum atomic E-state index is -0.468. The second-order valence-electron chi connectivity index (χ2n) is 7.40. The van der Waals surface area contributed by atoms with Gasteiger partial charge in [-0.2, -0.15) is 0 Å². The van der Waals surface area contributed by atoms with Gasteiger partial charge in [-0.3, -0.25) is 14.9 Å². The number of amides is 1.